The third-order valence-corrected chi connectivity index (χ3v) is 8.97. The van der Waals surface area contributed by atoms with Crippen molar-refractivity contribution in [1.29, 1.82) is 0 Å². The van der Waals surface area contributed by atoms with Gasteiger partial charge in [-0.2, -0.15) is 14.1 Å². The first-order valence-electron chi connectivity index (χ1n) is 12.7. The van der Waals surface area contributed by atoms with Gasteiger partial charge in [0.1, 0.15) is 5.69 Å². The van der Waals surface area contributed by atoms with Gasteiger partial charge in [-0.25, -0.2) is 8.42 Å². The SMILES string of the molecule is O=c1c(OC2CCCC2)c(N2CCN(S(=O)(=O)Cc3ccccc3)CC2)cnn1C1CCCCO1. The summed E-state index contributed by atoms with van der Waals surface area (Å²) in [6, 6.07) is 9.24. The lowest BCUT2D eigenvalue weighted by Gasteiger charge is -2.36. The Kier molecular flexibility index (Phi) is 7.40. The number of sulfonamides is 1. The molecule has 2 aliphatic heterocycles. The highest BCUT2D eigenvalue weighted by Crippen LogP contribution is 2.31. The lowest BCUT2D eigenvalue weighted by molar-refractivity contribution is -0.0431. The fourth-order valence-corrected chi connectivity index (χ4v) is 6.67. The third-order valence-electron chi connectivity index (χ3n) is 7.12. The van der Waals surface area contributed by atoms with E-state index >= 15 is 0 Å². The fourth-order valence-electron chi connectivity index (χ4n) is 5.16. The topological polar surface area (TPSA) is 94.0 Å². The lowest BCUT2D eigenvalue weighted by atomic mass is 10.2. The number of hydrogen-bond acceptors (Lipinski definition) is 7. The number of ether oxygens (including phenoxy) is 2. The van der Waals surface area contributed by atoms with Crippen LogP contribution < -0.4 is 15.2 Å². The molecule has 9 nitrogen and oxygen atoms in total. The minimum atomic E-state index is -3.42. The Balaban J connectivity index is 1.34. The molecule has 1 aromatic carbocycles. The maximum atomic E-state index is 13.5. The number of hydrogen-bond donors (Lipinski definition) is 0. The normalized spacial score (nSPS) is 22.4. The molecule has 1 atom stereocenters. The summed E-state index contributed by atoms with van der Waals surface area (Å²) in [5.74, 6) is 0.310. The van der Waals surface area contributed by atoms with Crippen molar-refractivity contribution in [3.8, 4) is 5.75 Å². The zero-order valence-corrected chi connectivity index (χ0v) is 20.9. The van der Waals surface area contributed by atoms with Gasteiger partial charge in [0.05, 0.1) is 18.1 Å². The summed E-state index contributed by atoms with van der Waals surface area (Å²) >= 11 is 0. The van der Waals surface area contributed by atoms with Gasteiger partial charge in [0.25, 0.3) is 0 Å². The summed E-state index contributed by atoms with van der Waals surface area (Å²) in [7, 11) is -3.42. The van der Waals surface area contributed by atoms with Crippen molar-refractivity contribution in [2.24, 2.45) is 0 Å². The van der Waals surface area contributed by atoms with Crippen molar-refractivity contribution in [1.82, 2.24) is 14.1 Å². The molecule has 10 heteroatoms. The molecule has 5 rings (SSSR count). The fraction of sp³-hybridized carbons (Fsp3) is 0.600. The van der Waals surface area contributed by atoms with Gasteiger partial charge in [0.15, 0.2) is 6.23 Å². The molecule has 190 valence electrons. The molecule has 1 unspecified atom stereocenters. The van der Waals surface area contributed by atoms with Gasteiger partial charge in [-0.15, -0.1) is 0 Å². The zero-order valence-electron chi connectivity index (χ0n) is 20.0. The van der Waals surface area contributed by atoms with Crippen LogP contribution in [0.15, 0.2) is 41.3 Å². The van der Waals surface area contributed by atoms with E-state index in [0.29, 0.717) is 44.2 Å². The monoisotopic (exact) mass is 502 g/mol. The molecule has 35 heavy (non-hydrogen) atoms. The second-order valence-electron chi connectivity index (χ2n) is 9.58. The van der Waals surface area contributed by atoms with E-state index in [1.54, 1.807) is 10.5 Å². The largest absolute Gasteiger partial charge is 0.483 e. The van der Waals surface area contributed by atoms with Gasteiger partial charge in [0, 0.05) is 32.8 Å². The molecule has 0 N–H and O–H groups in total. The van der Waals surface area contributed by atoms with Crippen LogP contribution in [0, 0.1) is 0 Å². The van der Waals surface area contributed by atoms with Crippen LogP contribution in [-0.4, -0.2) is 61.4 Å². The smallest absolute Gasteiger partial charge is 0.313 e. The molecule has 3 heterocycles. The van der Waals surface area contributed by atoms with Crippen LogP contribution in [0.1, 0.15) is 56.7 Å². The van der Waals surface area contributed by atoms with E-state index in [4.69, 9.17) is 9.47 Å². The van der Waals surface area contributed by atoms with Crippen molar-refractivity contribution in [2.75, 3.05) is 37.7 Å². The van der Waals surface area contributed by atoms with Crippen LogP contribution in [0.2, 0.25) is 0 Å². The minimum absolute atomic E-state index is 0.0110. The van der Waals surface area contributed by atoms with Gasteiger partial charge in [0.2, 0.25) is 15.8 Å². The molecule has 3 fully saturated rings. The number of rotatable bonds is 7. The van der Waals surface area contributed by atoms with E-state index in [2.05, 4.69) is 5.10 Å². The predicted octanol–water partition coefficient (Wildman–Crippen LogP) is 2.92. The molecule has 1 aliphatic carbocycles. The highest BCUT2D eigenvalue weighted by molar-refractivity contribution is 7.88. The molecule has 2 saturated heterocycles. The Labute approximate surface area is 206 Å². The molecular formula is C25H34N4O5S. The highest BCUT2D eigenvalue weighted by atomic mass is 32.2. The highest BCUT2D eigenvalue weighted by Gasteiger charge is 2.31. The van der Waals surface area contributed by atoms with E-state index in [1.165, 1.54) is 4.68 Å². The molecule has 2 aromatic rings. The van der Waals surface area contributed by atoms with E-state index in [0.717, 1.165) is 50.5 Å². The number of piperazine rings is 1. The Morgan fingerprint density at radius 2 is 1.69 bits per heavy atom. The summed E-state index contributed by atoms with van der Waals surface area (Å²) in [6.45, 7) is 2.28. The van der Waals surface area contributed by atoms with Crippen LogP contribution >= 0.6 is 0 Å². The average Bonchev–Trinajstić information content (AvgIpc) is 3.39. The van der Waals surface area contributed by atoms with Crippen molar-refractivity contribution in [3.05, 3.63) is 52.4 Å². The van der Waals surface area contributed by atoms with Gasteiger partial charge in [-0.05, 0) is 50.5 Å². The Morgan fingerprint density at radius 3 is 2.37 bits per heavy atom. The van der Waals surface area contributed by atoms with Gasteiger partial charge in [-0.3, -0.25) is 4.79 Å². The van der Waals surface area contributed by atoms with Gasteiger partial charge < -0.3 is 14.4 Å². The van der Waals surface area contributed by atoms with E-state index in [1.807, 2.05) is 35.2 Å². The molecule has 0 radical (unpaired) electrons. The minimum Gasteiger partial charge on any atom is -0.483 e. The molecular weight excluding hydrogens is 468 g/mol. The van der Waals surface area contributed by atoms with Crippen LogP contribution in [0.5, 0.6) is 5.75 Å². The average molecular weight is 503 g/mol. The Hall–Kier alpha value is -2.43. The van der Waals surface area contributed by atoms with Gasteiger partial charge in [-0.1, -0.05) is 30.3 Å². The quantitative estimate of drug-likeness (QED) is 0.575. The number of benzene rings is 1. The standard InChI is InChI=1S/C25H34N4O5S/c30-25-24(34-21-10-4-5-11-21)22(18-26-29(25)23-12-6-7-17-33-23)27-13-15-28(16-14-27)35(31,32)19-20-8-2-1-3-9-20/h1-3,8-9,18,21,23H,4-7,10-17,19H2. The summed E-state index contributed by atoms with van der Waals surface area (Å²) < 4.78 is 41.0. The van der Waals surface area contributed by atoms with Crippen molar-refractivity contribution < 1.29 is 17.9 Å². The van der Waals surface area contributed by atoms with Crippen LogP contribution in [0.4, 0.5) is 5.69 Å². The van der Waals surface area contributed by atoms with E-state index in [-0.39, 0.29) is 23.6 Å². The maximum absolute atomic E-state index is 13.5. The molecule has 1 saturated carbocycles. The molecule has 1 aromatic heterocycles. The van der Waals surface area contributed by atoms with E-state index < -0.39 is 10.0 Å². The van der Waals surface area contributed by atoms with Crippen LogP contribution in [0.3, 0.4) is 0 Å². The summed E-state index contributed by atoms with van der Waals surface area (Å²) in [6.07, 6.45) is 8.18. The van der Waals surface area contributed by atoms with E-state index in [9.17, 15) is 13.2 Å². The molecule has 3 aliphatic rings. The summed E-state index contributed by atoms with van der Waals surface area (Å²) in [5.41, 5.74) is 1.16. The summed E-state index contributed by atoms with van der Waals surface area (Å²) in [4.78, 5) is 15.5. The third kappa shape index (κ3) is 5.54. The first-order valence-corrected chi connectivity index (χ1v) is 14.3. The van der Waals surface area contributed by atoms with Crippen molar-refractivity contribution in [2.45, 2.75) is 63.0 Å². The van der Waals surface area contributed by atoms with Crippen LogP contribution in [0.25, 0.3) is 0 Å². The maximum Gasteiger partial charge on any atom is 0.313 e. The Morgan fingerprint density at radius 1 is 0.971 bits per heavy atom. The Bertz CT molecular complexity index is 1150. The number of nitrogens with zero attached hydrogens (tertiary/aromatic N) is 4. The number of anilines is 1. The first-order chi connectivity index (χ1) is 17.0. The van der Waals surface area contributed by atoms with Crippen molar-refractivity contribution in [3.63, 3.8) is 0 Å². The van der Waals surface area contributed by atoms with Crippen molar-refractivity contribution >= 4 is 15.7 Å². The first kappa shape index (κ1) is 24.3. The molecule has 0 bridgehead atoms. The molecule has 0 spiro atoms. The number of aromatic nitrogens is 2. The second-order valence-corrected chi connectivity index (χ2v) is 11.6. The zero-order chi connectivity index (χ0) is 24.3. The van der Waals surface area contributed by atoms with Gasteiger partial charge >= 0.3 is 5.56 Å². The lowest BCUT2D eigenvalue weighted by Crippen LogP contribution is -2.49. The second kappa shape index (κ2) is 10.7. The molecule has 0 amide bonds. The van der Waals surface area contributed by atoms with Crippen LogP contribution in [-0.2, 0) is 20.5 Å². The summed E-state index contributed by atoms with van der Waals surface area (Å²) in [5, 5.41) is 4.46. The predicted molar refractivity (Wildman–Crippen MR) is 133 cm³/mol.